The van der Waals surface area contributed by atoms with Crippen LogP contribution in [-0.2, 0) is 0 Å². The number of hydrogen-bond donors (Lipinski definition) is 0. The summed E-state index contributed by atoms with van der Waals surface area (Å²) in [5.74, 6) is 0.377. The summed E-state index contributed by atoms with van der Waals surface area (Å²) < 4.78 is 17.7. The number of halogens is 1. The maximum atomic E-state index is 12.4. The van der Waals surface area contributed by atoms with Gasteiger partial charge in [-0.25, -0.2) is 4.39 Å². The minimum Gasteiger partial charge on any atom is -0.490 e. The van der Waals surface area contributed by atoms with Gasteiger partial charge < -0.3 is 4.74 Å². The van der Waals surface area contributed by atoms with Crippen LogP contribution < -0.4 is 4.74 Å². The zero-order valence-corrected chi connectivity index (χ0v) is 6.01. The van der Waals surface area contributed by atoms with E-state index < -0.39 is 0 Å². The minimum absolute atomic E-state index is 0.270. The molecule has 1 nitrogen and oxygen atoms in total. The van der Waals surface area contributed by atoms with Gasteiger partial charge in [-0.15, -0.1) is 0 Å². The predicted molar refractivity (Wildman–Crippen MR) is 38.9 cm³/mol. The predicted octanol–water partition coefficient (Wildman–Crippen LogP) is 2.17. The van der Waals surface area contributed by atoms with Gasteiger partial charge in [0, 0.05) is 6.07 Å². The normalized spacial score (nSPS) is 16.5. The molecule has 0 N–H and O–H groups in total. The van der Waals surface area contributed by atoms with Gasteiger partial charge in [-0.3, -0.25) is 0 Å². The van der Waals surface area contributed by atoms with Crippen molar-refractivity contribution >= 4 is 0 Å². The average molecular weight is 151 g/mol. The lowest BCUT2D eigenvalue weighted by atomic mass is 10.3. The number of hydrogen-bond acceptors (Lipinski definition) is 1. The summed E-state index contributed by atoms with van der Waals surface area (Å²) in [6.07, 6.45) is 2.59. The quantitative estimate of drug-likeness (QED) is 0.629. The third-order valence-electron chi connectivity index (χ3n) is 1.56. The molecule has 0 spiro atoms. The molecular formula is C9H8FO. The Kier molecular flexibility index (Phi) is 1.53. The molecule has 11 heavy (non-hydrogen) atoms. The van der Waals surface area contributed by atoms with Crippen LogP contribution >= 0.6 is 0 Å². The van der Waals surface area contributed by atoms with Crippen molar-refractivity contribution in [1.29, 1.82) is 0 Å². The molecule has 0 atom stereocenters. The van der Waals surface area contributed by atoms with Crippen LogP contribution in [0.5, 0.6) is 5.75 Å². The second-order valence-corrected chi connectivity index (χ2v) is 2.69. The van der Waals surface area contributed by atoms with Gasteiger partial charge in [0.15, 0.2) is 0 Å². The highest BCUT2D eigenvalue weighted by atomic mass is 19.1. The van der Waals surface area contributed by atoms with Crippen LogP contribution in [0.4, 0.5) is 4.39 Å². The van der Waals surface area contributed by atoms with E-state index in [-0.39, 0.29) is 5.82 Å². The van der Waals surface area contributed by atoms with E-state index in [0.717, 1.165) is 12.8 Å². The Hall–Kier alpha value is -1.05. The van der Waals surface area contributed by atoms with Crippen LogP contribution in [0.3, 0.4) is 0 Å². The molecule has 57 valence electrons. The molecule has 2 rings (SSSR count). The molecule has 1 aliphatic rings. The highest BCUT2D eigenvalue weighted by Crippen LogP contribution is 2.26. The second-order valence-electron chi connectivity index (χ2n) is 2.69. The Morgan fingerprint density at radius 3 is 2.82 bits per heavy atom. The molecule has 1 aromatic rings. The van der Waals surface area contributed by atoms with Crippen molar-refractivity contribution in [1.82, 2.24) is 0 Å². The molecule has 0 amide bonds. The van der Waals surface area contributed by atoms with Crippen LogP contribution in [0.1, 0.15) is 12.8 Å². The molecule has 1 radical (unpaired) electrons. The Bertz CT molecular complexity index is 238. The van der Waals surface area contributed by atoms with E-state index in [1.807, 2.05) is 0 Å². The maximum Gasteiger partial charge on any atom is 0.127 e. The molecule has 1 aliphatic carbocycles. The lowest BCUT2D eigenvalue weighted by Gasteiger charge is -2.01. The molecule has 0 aromatic heterocycles. The Balaban J connectivity index is 2.06. The lowest BCUT2D eigenvalue weighted by molar-refractivity contribution is 0.302. The van der Waals surface area contributed by atoms with Gasteiger partial charge in [0.05, 0.1) is 6.10 Å². The van der Waals surface area contributed by atoms with Crippen molar-refractivity contribution in [3.05, 3.63) is 30.1 Å². The van der Waals surface area contributed by atoms with Crippen LogP contribution in [0, 0.1) is 11.9 Å². The van der Waals surface area contributed by atoms with E-state index in [1.54, 1.807) is 6.07 Å². The highest BCUT2D eigenvalue weighted by molar-refractivity contribution is 5.21. The number of rotatable bonds is 2. The summed E-state index contributed by atoms with van der Waals surface area (Å²) >= 11 is 0. The van der Waals surface area contributed by atoms with E-state index in [2.05, 4.69) is 6.07 Å². The van der Waals surface area contributed by atoms with Gasteiger partial charge in [-0.2, -0.15) is 0 Å². The van der Waals surface area contributed by atoms with Crippen molar-refractivity contribution in [3.63, 3.8) is 0 Å². The van der Waals surface area contributed by atoms with Crippen molar-refractivity contribution in [2.75, 3.05) is 0 Å². The fourth-order valence-electron chi connectivity index (χ4n) is 0.830. The van der Waals surface area contributed by atoms with E-state index in [4.69, 9.17) is 4.74 Å². The lowest BCUT2D eigenvalue weighted by Crippen LogP contribution is -1.95. The molecule has 1 fully saturated rings. The summed E-state index contributed by atoms with van der Waals surface area (Å²) in [7, 11) is 0. The first-order chi connectivity index (χ1) is 5.34. The summed E-state index contributed by atoms with van der Waals surface area (Å²) in [5.41, 5.74) is 0. The molecule has 0 unspecified atom stereocenters. The topological polar surface area (TPSA) is 9.23 Å². The Morgan fingerprint density at radius 1 is 1.45 bits per heavy atom. The van der Waals surface area contributed by atoms with E-state index in [1.165, 1.54) is 12.1 Å². The smallest absolute Gasteiger partial charge is 0.127 e. The van der Waals surface area contributed by atoms with E-state index >= 15 is 0 Å². The first-order valence-electron chi connectivity index (χ1n) is 3.68. The van der Waals surface area contributed by atoms with Crippen molar-refractivity contribution in [2.24, 2.45) is 0 Å². The average Bonchev–Trinajstić information content (AvgIpc) is 2.78. The number of ether oxygens (including phenoxy) is 1. The summed E-state index contributed by atoms with van der Waals surface area (Å²) in [5, 5.41) is 0. The first kappa shape index (κ1) is 6.65. The summed E-state index contributed by atoms with van der Waals surface area (Å²) in [4.78, 5) is 0. The fourth-order valence-corrected chi connectivity index (χ4v) is 0.830. The first-order valence-corrected chi connectivity index (χ1v) is 3.68. The zero-order valence-electron chi connectivity index (χ0n) is 6.01. The molecule has 0 heterocycles. The monoisotopic (exact) mass is 151 g/mol. The Morgan fingerprint density at radius 2 is 2.27 bits per heavy atom. The second kappa shape index (κ2) is 2.53. The van der Waals surface area contributed by atoms with Crippen LogP contribution in [0.15, 0.2) is 18.2 Å². The minimum atomic E-state index is -0.270. The Labute approximate surface area is 64.8 Å². The van der Waals surface area contributed by atoms with E-state index in [0.29, 0.717) is 11.9 Å². The van der Waals surface area contributed by atoms with Crippen molar-refractivity contribution < 1.29 is 9.13 Å². The van der Waals surface area contributed by atoms with E-state index in [9.17, 15) is 4.39 Å². The molecule has 2 heteroatoms. The molecule has 1 saturated carbocycles. The van der Waals surface area contributed by atoms with Crippen molar-refractivity contribution in [3.8, 4) is 5.75 Å². The highest BCUT2D eigenvalue weighted by Gasteiger charge is 2.23. The van der Waals surface area contributed by atoms with Gasteiger partial charge in [0.2, 0.25) is 0 Å². The summed E-state index contributed by atoms with van der Waals surface area (Å²) in [6.45, 7) is 0. The van der Waals surface area contributed by atoms with Crippen molar-refractivity contribution in [2.45, 2.75) is 18.9 Å². The van der Waals surface area contributed by atoms with Crippen LogP contribution in [-0.4, -0.2) is 6.10 Å². The molecular weight excluding hydrogens is 143 g/mol. The third-order valence-corrected chi connectivity index (χ3v) is 1.56. The molecule has 1 aromatic carbocycles. The van der Waals surface area contributed by atoms with Gasteiger partial charge in [-0.1, -0.05) is 0 Å². The maximum absolute atomic E-state index is 12.4. The van der Waals surface area contributed by atoms with Crippen LogP contribution in [0.2, 0.25) is 0 Å². The molecule has 0 aliphatic heterocycles. The molecule has 0 saturated heterocycles. The standard InChI is InChI=1S/C9H8FO/c10-7-1-3-8(4-2-7)11-9-5-6-9/h1-3,9H,5-6H2. The van der Waals surface area contributed by atoms with Crippen LogP contribution in [0.25, 0.3) is 0 Å². The largest absolute Gasteiger partial charge is 0.490 e. The zero-order chi connectivity index (χ0) is 7.68. The third kappa shape index (κ3) is 1.70. The fraction of sp³-hybridized carbons (Fsp3) is 0.333. The van der Waals surface area contributed by atoms with Gasteiger partial charge in [-0.05, 0) is 31.0 Å². The summed E-state index contributed by atoms with van der Waals surface area (Å²) in [6, 6.07) is 6.99. The van der Waals surface area contributed by atoms with Gasteiger partial charge >= 0.3 is 0 Å². The number of benzene rings is 1. The molecule has 0 bridgehead atoms. The van der Waals surface area contributed by atoms with Gasteiger partial charge in [0.25, 0.3) is 0 Å². The van der Waals surface area contributed by atoms with Gasteiger partial charge in [0.1, 0.15) is 11.6 Å². The SMILES string of the molecule is Fc1c[c]c(OC2CC2)cc1.